The molecule has 0 radical (unpaired) electrons. The number of aryl methyl sites for hydroxylation is 3. The molecule has 4 aromatic heterocycles. The molecule has 52 heavy (non-hydrogen) atoms. The zero-order chi connectivity index (χ0) is 35.0. The first-order chi connectivity index (χ1) is 24.6. The molecule has 0 saturated heterocycles. The summed E-state index contributed by atoms with van der Waals surface area (Å²) in [7, 11) is 0. The zero-order valence-corrected chi connectivity index (χ0v) is 32.4. The van der Waals surface area contributed by atoms with Crippen LogP contribution in [0.2, 0.25) is 0 Å². The minimum Gasteiger partial charge on any atom is -0.318 e. The normalized spacial score (nSPS) is 11.9. The number of hydrogen-bond acceptors (Lipinski definition) is 2. The van der Waals surface area contributed by atoms with Crippen LogP contribution in [0.3, 0.4) is 0 Å². The summed E-state index contributed by atoms with van der Waals surface area (Å²) in [6.07, 6.45) is 1.98. The number of hydrogen-bond donors (Lipinski definition) is 0. The summed E-state index contributed by atoms with van der Waals surface area (Å²) in [5.41, 5.74) is 15.0. The molecule has 0 aliphatic carbocycles. The van der Waals surface area contributed by atoms with Crippen molar-refractivity contribution in [3.8, 4) is 33.8 Å². The van der Waals surface area contributed by atoms with Gasteiger partial charge in [0.2, 0.25) is 0 Å². The molecule has 0 fully saturated rings. The molecule has 5 heteroatoms. The summed E-state index contributed by atoms with van der Waals surface area (Å²) in [6.45, 7) is 13.2. The number of benzene rings is 5. The van der Waals surface area contributed by atoms with E-state index < -0.39 is 0 Å². The van der Waals surface area contributed by atoms with Crippen molar-refractivity contribution < 1.29 is 21.1 Å². The summed E-state index contributed by atoms with van der Waals surface area (Å²) in [4.78, 5) is 10.5. The fraction of sp³-hybridized carbons (Fsp3) is 0.149. The smallest absolute Gasteiger partial charge is 0.318 e. The summed E-state index contributed by atoms with van der Waals surface area (Å²) in [5.74, 6) is 0. The molecule has 4 heterocycles. The third kappa shape index (κ3) is 5.58. The maximum Gasteiger partial charge on any atom is 2.00 e. The van der Waals surface area contributed by atoms with E-state index in [2.05, 4.69) is 172 Å². The van der Waals surface area contributed by atoms with Gasteiger partial charge in [-0.05, 0) is 73.6 Å². The van der Waals surface area contributed by atoms with Gasteiger partial charge >= 0.3 is 21.1 Å². The van der Waals surface area contributed by atoms with Gasteiger partial charge in [-0.2, -0.15) is 23.8 Å². The van der Waals surface area contributed by atoms with Gasteiger partial charge in [0.1, 0.15) is 11.3 Å². The third-order valence-corrected chi connectivity index (χ3v) is 10.2. The first kappa shape index (κ1) is 33.8. The van der Waals surface area contributed by atoms with Gasteiger partial charge in [-0.25, -0.2) is 4.98 Å². The van der Waals surface area contributed by atoms with E-state index >= 15 is 0 Å². The van der Waals surface area contributed by atoms with Crippen molar-refractivity contribution in [1.82, 2.24) is 19.1 Å². The molecule has 0 N–H and O–H groups in total. The van der Waals surface area contributed by atoms with E-state index in [4.69, 9.17) is 9.97 Å². The fourth-order valence-corrected chi connectivity index (χ4v) is 7.45. The predicted octanol–water partition coefficient (Wildman–Crippen LogP) is 11.8. The topological polar surface area (TPSA) is 35.6 Å². The number of nitrogens with zero attached hydrogens (tertiary/aromatic N) is 4. The molecule has 0 spiro atoms. The molecule has 0 bridgehead atoms. The molecule has 0 atom stereocenters. The van der Waals surface area contributed by atoms with Crippen LogP contribution in [-0.4, -0.2) is 19.1 Å². The molecule has 0 aliphatic rings. The van der Waals surface area contributed by atoms with Crippen LogP contribution in [0, 0.1) is 32.9 Å². The monoisotopic (exact) mass is 853 g/mol. The average Bonchev–Trinajstić information content (AvgIpc) is 3.61. The van der Waals surface area contributed by atoms with Crippen molar-refractivity contribution in [2.24, 2.45) is 0 Å². The Morgan fingerprint density at radius 1 is 0.615 bits per heavy atom. The molecule has 0 aliphatic heterocycles. The summed E-state index contributed by atoms with van der Waals surface area (Å²) < 4.78 is 4.53. The molecule has 256 valence electrons. The van der Waals surface area contributed by atoms with Crippen LogP contribution in [0.5, 0.6) is 0 Å². The molecule has 9 rings (SSSR count). The number of aromatic nitrogens is 4. The number of fused-ring (bicyclic) bond motifs is 6. The molecule has 0 saturated carbocycles. The van der Waals surface area contributed by atoms with Crippen LogP contribution in [0.1, 0.15) is 43.0 Å². The first-order valence-corrected chi connectivity index (χ1v) is 17.6. The number of rotatable bonds is 4. The second kappa shape index (κ2) is 12.7. The van der Waals surface area contributed by atoms with E-state index in [1.54, 1.807) is 0 Å². The van der Waals surface area contributed by atoms with E-state index in [1.807, 2.05) is 12.3 Å². The molecule has 0 unspecified atom stereocenters. The van der Waals surface area contributed by atoms with Crippen molar-refractivity contribution in [2.45, 2.75) is 47.0 Å². The van der Waals surface area contributed by atoms with E-state index in [-0.39, 0.29) is 26.5 Å². The van der Waals surface area contributed by atoms with Crippen molar-refractivity contribution in [3.05, 3.63) is 156 Å². The maximum atomic E-state index is 5.57. The summed E-state index contributed by atoms with van der Waals surface area (Å²) in [5, 5.41) is 4.61. The second-order valence-corrected chi connectivity index (χ2v) is 14.9. The van der Waals surface area contributed by atoms with Crippen molar-refractivity contribution in [2.75, 3.05) is 0 Å². The third-order valence-electron chi connectivity index (χ3n) is 10.2. The van der Waals surface area contributed by atoms with Gasteiger partial charge in [-0.1, -0.05) is 91.5 Å². The molecule has 0 amide bonds. The van der Waals surface area contributed by atoms with E-state index in [1.165, 1.54) is 38.6 Å². The molecular formula is C47H38N4Pt. The van der Waals surface area contributed by atoms with Crippen LogP contribution in [0.15, 0.2) is 121 Å². The Bertz CT molecular complexity index is 2800. The van der Waals surface area contributed by atoms with Gasteiger partial charge in [0.15, 0.2) is 0 Å². The van der Waals surface area contributed by atoms with Crippen molar-refractivity contribution in [3.63, 3.8) is 0 Å². The van der Waals surface area contributed by atoms with Crippen molar-refractivity contribution in [1.29, 1.82) is 0 Å². The Labute approximate surface area is 319 Å². The SMILES string of the molecule is Cc1ccc2c(c1)c1cc3c4cc(C)ccc4n(-c4[c-]cc(C(C)(C)C)cc4)c3nc1n2-c1[c-]c(-c2cc(C)c(-c3ccccc3)cn2)ccc1.[Pt+2]. The summed E-state index contributed by atoms with van der Waals surface area (Å²) in [6, 6.07) is 48.5. The minimum absolute atomic E-state index is 0. The first-order valence-electron chi connectivity index (χ1n) is 17.6. The van der Waals surface area contributed by atoms with Crippen LogP contribution in [0.4, 0.5) is 0 Å². The van der Waals surface area contributed by atoms with Gasteiger partial charge < -0.3 is 14.1 Å². The van der Waals surface area contributed by atoms with Gasteiger partial charge in [-0.3, -0.25) is 0 Å². The Morgan fingerprint density at radius 3 is 1.87 bits per heavy atom. The van der Waals surface area contributed by atoms with E-state index in [0.29, 0.717) is 0 Å². The van der Waals surface area contributed by atoms with Gasteiger partial charge in [0.25, 0.3) is 0 Å². The van der Waals surface area contributed by atoms with E-state index in [9.17, 15) is 0 Å². The largest absolute Gasteiger partial charge is 2.00 e. The predicted molar refractivity (Wildman–Crippen MR) is 212 cm³/mol. The Morgan fingerprint density at radius 2 is 1.27 bits per heavy atom. The maximum absolute atomic E-state index is 5.57. The summed E-state index contributed by atoms with van der Waals surface area (Å²) >= 11 is 0. The Balaban J connectivity index is 0.00000387. The van der Waals surface area contributed by atoms with Gasteiger partial charge in [-0.15, -0.1) is 35.9 Å². The Hall–Kier alpha value is -5.31. The molecule has 5 aromatic carbocycles. The molecule has 9 aromatic rings. The second-order valence-electron chi connectivity index (χ2n) is 14.9. The molecule has 4 nitrogen and oxygen atoms in total. The van der Waals surface area contributed by atoms with Crippen LogP contribution in [0.25, 0.3) is 77.6 Å². The Kier molecular flexibility index (Phi) is 8.27. The van der Waals surface area contributed by atoms with Crippen LogP contribution >= 0.6 is 0 Å². The number of pyridine rings is 2. The average molecular weight is 854 g/mol. The zero-order valence-electron chi connectivity index (χ0n) is 30.2. The van der Waals surface area contributed by atoms with Gasteiger partial charge in [0.05, 0.1) is 11.0 Å². The quantitative estimate of drug-likeness (QED) is 0.165. The minimum atomic E-state index is 0. The fourth-order valence-electron chi connectivity index (χ4n) is 7.45. The van der Waals surface area contributed by atoms with Gasteiger partial charge in [0, 0.05) is 33.3 Å². The van der Waals surface area contributed by atoms with Crippen LogP contribution < -0.4 is 0 Å². The van der Waals surface area contributed by atoms with Crippen molar-refractivity contribution >= 4 is 43.9 Å². The van der Waals surface area contributed by atoms with E-state index in [0.717, 1.165) is 61.3 Å². The standard InChI is InChI=1S/C47H38N4.Pt/c1-29-15-21-43-37(23-29)39-27-40-38-24-30(2)16-22-44(38)51(46(40)49-45(39)50(43)35-19-17-34(18-20-35)47(4,5)6)36-14-10-13-33(26-36)42-25-31(3)41(28-48-42)32-11-8-7-9-12-32;/h7-19,21-25,27-28H,1-6H3;/q-2;+2. The molecular weight excluding hydrogens is 816 g/mol. The van der Waals surface area contributed by atoms with Crippen LogP contribution in [-0.2, 0) is 26.5 Å².